The van der Waals surface area contributed by atoms with Gasteiger partial charge in [-0.3, -0.25) is 34.3 Å². The molecule has 2 bridgehead atoms. The van der Waals surface area contributed by atoms with Crippen molar-refractivity contribution in [3.8, 4) is 0 Å². The summed E-state index contributed by atoms with van der Waals surface area (Å²) in [4.78, 5) is 69.1. The van der Waals surface area contributed by atoms with Crippen LogP contribution in [0.3, 0.4) is 0 Å². The van der Waals surface area contributed by atoms with Crippen LogP contribution < -0.4 is 20.9 Å². The Bertz CT molecular complexity index is 1350. The summed E-state index contributed by atoms with van der Waals surface area (Å²) in [5.74, 6) is -4.56. The summed E-state index contributed by atoms with van der Waals surface area (Å²) in [6.07, 6.45) is 0.625. The van der Waals surface area contributed by atoms with Crippen molar-refractivity contribution in [2.75, 3.05) is 20.9 Å². The van der Waals surface area contributed by atoms with Crippen molar-refractivity contribution in [1.29, 1.82) is 0 Å². The van der Waals surface area contributed by atoms with Gasteiger partial charge in [-0.15, -0.1) is 0 Å². The first-order valence-corrected chi connectivity index (χ1v) is 13.2. The average molecular weight is 531 g/mol. The van der Waals surface area contributed by atoms with E-state index in [9.17, 15) is 24.0 Å². The van der Waals surface area contributed by atoms with Crippen LogP contribution in [0.5, 0.6) is 0 Å². The van der Waals surface area contributed by atoms with E-state index in [1.165, 1.54) is 9.80 Å². The molecule has 7 rings (SSSR count). The molecule has 3 saturated carbocycles. The summed E-state index contributed by atoms with van der Waals surface area (Å²) >= 11 is 0. The van der Waals surface area contributed by atoms with E-state index in [4.69, 9.17) is 10.5 Å². The van der Waals surface area contributed by atoms with Crippen LogP contribution in [0.25, 0.3) is 0 Å². The van der Waals surface area contributed by atoms with Crippen LogP contribution in [0.15, 0.2) is 48.5 Å². The van der Waals surface area contributed by atoms with Crippen molar-refractivity contribution < 1.29 is 28.7 Å². The Morgan fingerprint density at radius 1 is 0.744 bits per heavy atom. The van der Waals surface area contributed by atoms with Gasteiger partial charge in [0.25, 0.3) is 0 Å². The van der Waals surface area contributed by atoms with E-state index < -0.39 is 35.4 Å². The number of nitrogens with zero attached hydrogens (tertiary/aromatic N) is 2. The summed E-state index contributed by atoms with van der Waals surface area (Å²) in [7, 11) is 0. The van der Waals surface area contributed by atoms with Gasteiger partial charge in [-0.25, -0.2) is 4.79 Å². The first-order chi connectivity index (χ1) is 18.5. The minimum Gasteiger partial charge on any atom is -0.444 e. The zero-order valence-electron chi connectivity index (χ0n) is 21.9. The van der Waals surface area contributed by atoms with Gasteiger partial charge in [-0.05, 0) is 94.0 Å². The summed E-state index contributed by atoms with van der Waals surface area (Å²) in [6, 6.07) is 13.0. The lowest BCUT2D eigenvalue weighted by atomic mass is 9.51. The molecule has 3 N–H and O–H groups in total. The first-order valence-electron chi connectivity index (χ1n) is 13.2. The number of nitrogens with one attached hydrogen (secondary N) is 1. The number of imide groups is 2. The number of hydrogen-bond acceptors (Lipinski definition) is 7. The van der Waals surface area contributed by atoms with Crippen molar-refractivity contribution in [2.45, 2.75) is 39.2 Å². The monoisotopic (exact) mass is 530 g/mol. The van der Waals surface area contributed by atoms with E-state index in [1.807, 2.05) is 0 Å². The van der Waals surface area contributed by atoms with E-state index in [0.29, 0.717) is 35.6 Å². The molecule has 0 radical (unpaired) electrons. The maximum atomic E-state index is 13.7. The third-order valence-electron chi connectivity index (χ3n) is 8.40. The topological polar surface area (TPSA) is 139 Å². The normalized spacial score (nSPS) is 29.5. The molecule has 10 nitrogen and oxygen atoms in total. The molecular weight excluding hydrogens is 500 g/mol. The Labute approximate surface area is 225 Å². The molecule has 5 amide bonds. The van der Waals surface area contributed by atoms with Crippen molar-refractivity contribution in [2.24, 2.45) is 35.5 Å². The second-order valence-electron chi connectivity index (χ2n) is 11.8. The lowest BCUT2D eigenvalue weighted by Gasteiger charge is -2.48. The molecule has 0 aromatic heterocycles. The van der Waals surface area contributed by atoms with Crippen molar-refractivity contribution in [1.82, 2.24) is 0 Å². The quantitative estimate of drug-likeness (QED) is 0.457. The highest BCUT2D eigenvalue weighted by Gasteiger charge is 2.70. The van der Waals surface area contributed by atoms with Crippen LogP contribution in [0.1, 0.15) is 33.6 Å². The van der Waals surface area contributed by atoms with E-state index >= 15 is 0 Å². The number of carbonyl (C=O) groups is 5. The van der Waals surface area contributed by atoms with Crippen LogP contribution in [0.4, 0.5) is 27.5 Å². The third kappa shape index (κ3) is 3.88. The highest BCUT2D eigenvalue weighted by molar-refractivity contribution is 6.26. The minimum atomic E-state index is -0.652. The molecular formula is C29H30N4O6. The largest absolute Gasteiger partial charge is 0.444 e. The number of fused-ring (bicyclic) bond motifs is 1. The number of nitrogens with two attached hydrogens (primary N) is 1. The molecule has 10 heteroatoms. The van der Waals surface area contributed by atoms with Gasteiger partial charge >= 0.3 is 6.09 Å². The standard InChI is InChI=1S/C29H30N4O6/c1-29(2,3)39-28(38)31-15-6-10-17(11-7-15)33-26(36)22-18-12-13-19(23(22)27(33)37)21-20(18)24(34)32(25(21)35)16-8-4-14(30)5-9-16/h4-11,18-23H,12-13,30H2,1-3H3,(H,31,38). The molecule has 39 heavy (non-hydrogen) atoms. The molecule has 2 aliphatic heterocycles. The lowest BCUT2D eigenvalue weighted by Crippen LogP contribution is -2.53. The highest BCUT2D eigenvalue weighted by atomic mass is 16.6. The van der Waals surface area contributed by atoms with Crippen molar-refractivity contribution in [3.05, 3.63) is 48.5 Å². The molecule has 2 heterocycles. The van der Waals surface area contributed by atoms with Gasteiger partial charge in [0.1, 0.15) is 5.60 Å². The Morgan fingerprint density at radius 2 is 1.13 bits per heavy atom. The number of benzene rings is 2. The SMILES string of the molecule is CC(C)(C)OC(=O)Nc1ccc(N2C(=O)C3C4CCC(C5C(=O)N(c6ccc(N)cc6)C(=O)C45)C3C2=O)cc1. The summed E-state index contributed by atoms with van der Waals surface area (Å²) < 4.78 is 5.26. The highest BCUT2D eigenvalue weighted by Crippen LogP contribution is 2.61. The number of anilines is 4. The molecule has 202 valence electrons. The van der Waals surface area contributed by atoms with E-state index in [1.54, 1.807) is 69.3 Å². The fourth-order valence-electron chi connectivity index (χ4n) is 7.02. The van der Waals surface area contributed by atoms with Gasteiger partial charge in [0.2, 0.25) is 23.6 Å². The number of carbonyl (C=O) groups excluding carboxylic acids is 5. The van der Waals surface area contributed by atoms with Gasteiger partial charge in [0, 0.05) is 11.4 Å². The molecule has 2 aromatic rings. The van der Waals surface area contributed by atoms with Crippen LogP contribution >= 0.6 is 0 Å². The zero-order valence-corrected chi connectivity index (χ0v) is 21.9. The molecule has 2 aromatic carbocycles. The smallest absolute Gasteiger partial charge is 0.412 e. The minimum absolute atomic E-state index is 0.306. The van der Waals surface area contributed by atoms with Gasteiger partial charge < -0.3 is 10.5 Å². The summed E-state index contributed by atoms with van der Waals surface area (Å²) in [5, 5.41) is 2.63. The second kappa shape index (κ2) is 8.65. The molecule has 5 aliphatic rings. The van der Waals surface area contributed by atoms with Crippen LogP contribution in [-0.4, -0.2) is 35.3 Å². The Hall–Kier alpha value is -4.21. The number of ether oxygens (including phenoxy) is 1. The number of rotatable bonds is 3. The number of hydrogen-bond donors (Lipinski definition) is 2. The molecule has 6 atom stereocenters. The molecule has 0 spiro atoms. The lowest BCUT2D eigenvalue weighted by molar-refractivity contribution is -0.148. The summed E-state index contributed by atoms with van der Waals surface area (Å²) in [6.45, 7) is 5.28. The maximum absolute atomic E-state index is 13.7. The Balaban J connectivity index is 1.25. The molecule has 6 unspecified atom stereocenters. The molecule has 2 saturated heterocycles. The first kappa shape index (κ1) is 25.1. The Kier molecular flexibility index (Phi) is 5.57. The third-order valence-corrected chi connectivity index (χ3v) is 8.40. The zero-order chi connectivity index (χ0) is 27.8. The van der Waals surface area contributed by atoms with Crippen molar-refractivity contribution in [3.63, 3.8) is 0 Å². The van der Waals surface area contributed by atoms with E-state index in [-0.39, 0.29) is 35.5 Å². The van der Waals surface area contributed by atoms with Crippen molar-refractivity contribution >= 4 is 52.5 Å². The Morgan fingerprint density at radius 3 is 1.51 bits per heavy atom. The van der Waals surface area contributed by atoms with Gasteiger partial charge in [0.05, 0.1) is 35.0 Å². The van der Waals surface area contributed by atoms with Crippen LogP contribution in [0, 0.1) is 35.5 Å². The summed E-state index contributed by atoms with van der Waals surface area (Å²) in [5.41, 5.74) is 6.95. The average Bonchev–Trinajstić information content (AvgIpc) is 3.31. The predicted molar refractivity (Wildman–Crippen MR) is 142 cm³/mol. The van der Waals surface area contributed by atoms with Gasteiger partial charge in [-0.1, -0.05) is 0 Å². The number of nitrogen functional groups attached to an aromatic ring is 1. The maximum Gasteiger partial charge on any atom is 0.412 e. The van der Waals surface area contributed by atoms with Crippen LogP contribution in [-0.2, 0) is 23.9 Å². The fraction of sp³-hybridized carbons (Fsp3) is 0.414. The predicted octanol–water partition coefficient (Wildman–Crippen LogP) is 3.57. The second-order valence-corrected chi connectivity index (χ2v) is 11.8. The molecule has 3 aliphatic carbocycles. The number of amides is 5. The van der Waals surface area contributed by atoms with E-state index in [0.717, 1.165) is 0 Å². The van der Waals surface area contributed by atoms with Crippen LogP contribution in [0.2, 0.25) is 0 Å². The molecule has 5 fully saturated rings. The fourth-order valence-corrected chi connectivity index (χ4v) is 7.02. The van der Waals surface area contributed by atoms with Gasteiger partial charge in [-0.2, -0.15) is 0 Å². The van der Waals surface area contributed by atoms with Gasteiger partial charge in [0.15, 0.2) is 0 Å². The van der Waals surface area contributed by atoms with E-state index in [2.05, 4.69) is 5.32 Å².